The fourth-order valence-corrected chi connectivity index (χ4v) is 5.85. The van der Waals surface area contributed by atoms with Crippen LogP contribution in [0.5, 0.6) is 11.5 Å². The number of esters is 1. The standard InChI is InChI=1S/C27H30BrClN4O4S/c1-5-7-12-37-25(34)22-16(3)30-26-31-27(38-15-17-10-8-9-11-20(17)29)32-33(26)23(22)18-13-19(28)24(35-4)21(14-18)36-6-2/h8-11,13-14,23H,5-7,12,15H2,1-4H3,(H,30,31,32). The van der Waals surface area contributed by atoms with E-state index in [0.29, 0.717) is 62.3 Å². The van der Waals surface area contributed by atoms with Crippen molar-refractivity contribution < 1.29 is 19.0 Å². The van der Waals surface area contributed by atoms with E-state index >= 15 is 0 Å². The highest BCUT2D eigenvalue weighted by atomic mass is 79.9. The quantitative estimate of drug-likeness (QED) is 0.139. The second kappa shape index (κ2) is 12.9. The number of rotatable bonds is 11. The van der Waals surface area contributed by atoms with E-state index < -0.39 is 12.0 Å². The van der Waals surface area contributed by atoms with Gasteiger partial charge in [-0.05, 0) is 65.5 Å². The van der Waals surface area contributed by atoms with Crippen molar-refractivity contribution in [2.24, 2.45) is 0 Å². The van der Waals surface area contributed by atoms with Crippen LogP contribution in [0.1, 0.15) is 50.8 Å². The van der Waals surface area contributed by atoms with Gasteiger partial charge in [-0.3, -0.25) is 0 Å². The monoisotopic (exact) mass is 620 g/mol. The van der Waals surface area contributed by atoms with Gasteiger partial charge in [0, 0.05) is 16.5 Å². The minimum absolute atomic E-state index is 0.346. The number of carbonyl (C=O) groups excluding carboxylic acids is 1. The van der Waals surface area contributed by atoms with Gasteiger partial charge in [0.05, 0.1) is 30.4 Å². The molecule has 1 unspecified atom stereocenters. The molecule has 1 atom stereocenters. The fourth-order valence-electron chi connectivity index (χ4n) is 4.12. The predicted octanol–water partition coefficient (Wildman–Crippen LogP) is 7.03. The smallest absolute Gasteiger partial charge is 0.338 e. The van der Waals surface area contributed by atoms with Crippen LogP contribution in [0.3, 0.4) is 0 Å². The number of unbranched alkanes of at least 4 members (excludes halogenated alkanes) is 1. The van der Waals surface area contributed by atoms with Gasteiger partial charge in [0.1, 0.15) is 6.04 Å². The lowest BCUT2D eigenvalue weighted by Crippen LogP contribution is -2.30. The van der Waals surface area contributed by atoms with Gasteiger partial charge in [-0.25, -0.2) is 9.48 Å². The molecule has 0 spiro atoms. The van der Waals surface area contributed by atoms with Gasteiger partial charge >= 0.3 is 5.97 Å². The molecule has 1 aliphatic rings. The summed E-state index contributed by atoms with van der Waals surface area (Å²) in [5.41, 5.74) is 2.88. The number of thioether (sulfide) groups is 1. The number of hydrogen-bond acceptors (Lipinski definition) is 8. The zero-order valence-electron chi connectivity index (χ0n) is 21.7. The molecule has 1 aromatic heterocycles. The van der Waals surface area contributed by atoms with E-state index in [1.165, 1.54) is 11.8 Å². The lowest BCUT2D eigenvalue weighted by Gasteiger charge is -2.28. The first kappa shape index (κ1) is 28.3. The summed E-state index contributed by atoms with van der Waals surface area (Å²) in [6.45, 7) is 6.61. The van der Waals surface area contributed by atoms with E-state index in [2.05, 4.69) is 28.2 Å². The minimum Gasteiger partial charge on any atom is -0.492 e. The summed E-state index contributed by atoms with van der Waals surface area (Å²) in [5.74, 6) is 1.87. The van der Waals surface area contributed by atoms with Crippen molar-refractivity contribution in [2.75, 3.05) is 25.6 Å². The Morgan fingerprint density at radius 1 is 1.26 bits per heavy atom. The minimum atomic E-state index is -0.594. The number of anilines is 1. The van der Waals surface area contributed by atoms with Gasteiger partial charge in [-0.15, -0.1) is 5.10 Å². The Labute approximate surface area is 240 Å². The summed E-state index contributed by atoms with van der Waals surface area (Å²) in [5, 5.41) is 9.30. The van der Waals surface area contributed by atoms with E-state index in [9.17, 15) is 4.79 Å². The molecule has 11 heteroatoms. The van der Waals surface area contributed by atoms with E-state index in [-0.39, 0.29) is 0 Å². The highest BCUT2D eigenvalue weighted by molar-refractivity contribution is 9.10. The molecule has 4 rings (SSSR count). The molecule has 0 radical (unpaired) electrons. The Kier molecular flexibility index (Phi) is 9.62. The molecule has 38 heavy (non-hydrogen) atoms. The molecule has 0 saturated heterocycles. The molecule has 3 aromatic rings. The van der Waals surface area contributed by atoms with Gasteiger partial charge in [0.2, 0.25) is 11.1 Å². The Balaban J connectivity index is 1.76. The maximum absolute atomic E-state index is 13.4. The van der Waals surface area contributed by atoms with E-state index in [1.807, 2.05) is 50.2 Å². The number of ether oxygens (including phenoxy) is 3. The average molecular weight is 622 g/mol. The first-order chi connectivity index (χ1) is 18.4. The van der Waals surface area contributed by atoms with Crippen LogP contribution in [-0.2, 0) is 15.3 Å². The van der Waals surface area contributed by atoms with E-state index in [1.54, 1.807) is 11.8 Å². The molecule has 8 nitrogen and oxygen atoms in total. The molecular weight excluding hydrogens is 592 g/mol. The molecule has 0 bridgehead atoms. The zero-order valence-corrected chi connectivity index (χ0v) is 24.9. The van der Waals surface area contributed by atoms with Crippen LogP contribution in [0.25, 0.3) is 0 Å². The van der Waals surface area contributed by atoms with Crippen LogP contribution in [0.15, 0.2) is 57.3 Å². The SMILES string of the molecule is CCCCOC(=O)C1=C(C)Nc2nc(SCc3ccccc3Cl)nn2C1c1cc(Br)c(OC)c(OCC)c1. The summed E-state index contributed by atoms with van der Waals surface area (Å²) in [6, 6.07) is 10.9. The molecule has 0 amide bonds. The third kappa shape index (κ3) is 6.13. The number of hydrogen-bond donors (Lipinski definition) is 1. The molecule has 1 N–H and O–H groups in total. The van der Waals surface area contributed by atoms with Gasteiger partial charge in [0.25, 0.3) is 0 Å². The molecular formula is C27H30BrClN4O4S. The van der Waals surface area contributed by atoms with Gasteiger partial charge in [0.15, 0.2) is 11.5 Å². The topological polar surface area (TPSA) is 87.5 Å². The largest absolute Gasteiger partial charge is 0.492 e. The summed E-state index contributed by atoms with van der Waals surface area (Å²) in [6.07, 6.45) is 1.71. The molecule has 0 fully saturated rings. The predicted molar refractivity (Wildman–Crippen MR) is 153 cm³/mol. The second-order valence-corrected chi connectivity index (χ2v) is 10.8. The Morgan fingerprint density at radius 2 is 2.05 bits per heavy atom. The number of nitrogens with zero attached hydrogens (tertiary/aromatic N) is 3. The summed E-state index contributed by atoms with van der Waals surface area (Å²) < 4.78 is 19.5. The Bertz CT molecular complexity index is 1350. The number of carbonyl (C=O) groups is 1. The molecule has 0 aliphatic carbocycles. The maximum atomic E-state index is 13.4. The lowest BCUT2D eigenvalue weighted by molar-refractivity contribution is -0.139. The highest BCUT2D eigenvalue weighted by Gasteiger charge is 2.36. The second-order valence-electron chi connectivity index (χ2n) is 8.57. The lowest BCUT2D eigenvalue weighted by atomic mass is 9.95. The summed E-state index contributed by atoms with van der Waals surface area (Å²) in [4.78, 5) is 18.1. The Hall–Kier alpha value is -2.69. The third-order valence-electron chi connectivity index (χ3n) is 5.95. The van der Waals surface area contributed by atoms with Crippen molar-refractivity contribution >= 4 is 51.2 Å². The van der Waals surface area contributed by atoms with Crippen molar-refractivity contribution in [3.8, 4) is 11.5 Å². The zero-order chi connectivity index (χ0) is 27.2. The molecule has 0 saturated carbocycles. The van der Waals surface area contributed by atoms with Crippen LogP contribution >= 0.6 is 39.3 Å². The fraction of sp³-hybridized carbons (Fsp3) is 0.370. The van der Waals surface area contributed by atoms with E-state index in [0.717, 1.165) is 24.0 Å². The Morgan fingerprint density at radius 3 is 2.76 bits per heavy atom. The summed E-state index contributed by atoms with van der Waals surface area (Å²) in [7, 11) is 1.59. The molecule has 2 aromatic carbocycles. The summed E-state index contributed by atoms with van der Waals surface area (Å²) >= 11 is 11.4. The number of fused-ring (bicyclic) bond motifs is 1. The number of benzene rings is 2. The van der Waals surface area contributed by atoms with Crippen LogP contribution in [0, 0.1) is 0 Å². The number of methoxy groups -OCH3 is 1. The molecule has 2 heterocycles. The molecule has 202 valence electrons. The van der Waals surface area contributed by atoms with Crippen LogP contribution < -0.4 is 14.8 Å². The van der Waals surface area contributed by atoms with Crippen molar-refractivity contribution in [3.05, 3.63) is 68.3 Å². The van der Waals surface area contributed by atoms with Crippen molar-refractivity contribution in [1.29, 1.82) is 0 Å². The average Bonchev–Trinajstić information content (AvgIpc) is 3.29. The number of allylic oxidation sites excluding steroid dienone is 1. The van der Waals surface area contributed by atoms with Crippen LogP contribution in [-0.4, -0.2) is 41.1 Å². The third-order valence-corrected chi connectivity index (χ3v) is 7.79. The van der Waals surface area contributed by atoms with Gasteiger partial charge in [-0.2, -0.15) is 4.98 Å². The first-order valence-corrected chi connectivity index (χ1v) is 14.5. The number of aromatic nitrogens is 3. The van der Waals surface area contributed by atoms with Gasteiger partial charge < -0.3 is 19.5 Å². The van der Waals surface area contributed by atoms with Crippen molar-refractivity contribution in [3.63, 3.8) is 0 Å². The number of halogens is 2. The normalized spacial score (nSPS) is 14.6. The van der Waals surface area contributed by atoms with Crippen LogP contribution in [0.2, 0.25) is 5.02 Å². The highest BCUT2D eigenvalue weighted by Crippen LogP contribution is 2.43. The first-order valence-electron chi connectivity index (χ1n) is 12.4. The molecule has 1 aliphatic heterocycles. The number of nitrogens with one attached hydrogen (secondary N) is 1. The van der Waals surface area contributed by atoms with Gasteiger partial charge in [-0.1, -0.05) is 54.9 Å². The van der Waals surface area contributed by atoms with Crippen LogP contribution in [0.4, 0.5) is 5.95 Å². The maximum Gasteiger partial charge on any atom is 0.338 e. The van der Waals surface area contributed by atoms with Crippen molar-refractivity contribution in [1.82, 2.24) is 14.8 Å². The van der Waals surface area contributed by atoms with Crippen molar-refractivity contribution in [2.45, 2.75) is 50.6 Å². The van der Waals surface area contributed by atoms with E-state index in [4.69, 9.17) is 35.9 Å².